The van der Waals surface area contributed by atoms with Gasteiger partial charge in [-0.15, -0.1) is 0 Å². The first-order valence-corrected chi connectivity index (χ1v) is 7.02. The van der Waals surface area contributed by atoms with Gasteiger partial charge >= 0.3 is 59.1 Å². The summed E-state index contributed by atoms with van der Waals surface area (Å²) >= 11 is 4.24. The third-order valence-corrected chi connectivity index (χ3v) is 3.33. The van der Waals surface area contributed by atoms with Crippen molar-refractivity contribution in [3.8, 4) is 0 Å². The van der Waals surface area contributed by atoms with E-state index in [4.69, 9.17) is 0 Å². The molecule has 0 amide bonds. The van der Waals surface area contributed by atoms with Crippen LogP contribution >= 0.6 is 12.2 Å². The number of thiocarbonyl (C=S) groups is 1. The van der Waals surface area contributed by atoms with Crippen molar-refractivity contribution in [3.63, 3.8) is 0 Å². The molecule has 0 saturated heterocycles. The summed E-state index contributed by atoms with van der Waals surface area (Å²) in [5.74, 6) is 0. The number of aliphatic imine (C=N–C) groups is 1. The van der Waals surface area contributed by atoms with Gasteiger partial charge in [0.15, 0.2) is 0 Å². The van der Waals surface area contributed by atoms with E-state index < -0.39 is 30.0 Å². The number of rotatable bonds is 3. The molecule has 1 aromatic carbocycles. The minimum atomic E-state index is -4.90. The van der Waals surface area contributed by atoms with E-state index in [1.807, 2.05) is 5.16 Å². The SMILES string of the molecule is O=S(=O)([O-])c1cc(N=C=S)cc(S(=O)(=O)[O-])c1.[Na+].[Na+]. The van der Waals surface area contributed by atoms with E-state index in [0.717, 1.165) is 12.1 Å². The molecule has 0 N–H and O–H groups in total. The molecule has 0 aliphatic rings. The van der Waals surface area contributed by atoms with Gasteiger partial charge in [-0.05, 0) is 30.4 Å². The molecule has 0 aromatic heterocycles. The van der Waals surface area contributed by atoms with Crippen molar-refractivity contribution in [2.45, 2.75) is 9.79 Å². The molecular weight excluding hydrogens is 336 g/mol. The number of hydrogen-bond acceptors (Lipinski definition) is 8. The summed E-state index contributed by atoms with van der Waals surface area (Å²) in [7, 11) is -9.80. The van der Waals surface area contributed by atoms with Gasteiger partial charge in [-0.25, -0.2) is 16.8 Å². The molecule has 0 spiro atoms. The van der Waals surface area contributed by atoms with E-state index in [-0.39, 0.29) is 64.8 Å². The fraction of sp³-hybridized carbons (Fsp3) is 0. The van der Waals surface area contributed by atoms with Crippen LogP contribution in [0.4, 0.5) is 5.69 Å². The largest absolute Gasteiger partial charge is 1.00 e. The first-order valence-electron chi connectivity index (χ1n) is 3.79. The van der Waals surface area contributed by atoms with Gasteiger partial charge in [-0.1, -0.05) is 0 Å². The molecule has 0 radical (unpaired) electrons. The second-order valence-corrected chi connectivity index (χ2v) is 5.72. The molecule has 1 rings (SSSR count). The molecule has 19 heavy (non-hydrogen) atoms. The van der Waals surface area contributed by atoms with E-state index in [0.29, 0.717) is 6.07 Å². The van der Waals surface area contributed by atoms with E-state index in [1.54, 1.807) is 0 Å². The Balaban J connectivity index is 0. The normalized spacial score (nSPS) is 10.6. The molecule has 0 heterocycles. The molecule has 0 unspecified atom stereocenters. The maximum Gasteiger partial charge on any atom is 1.00 e. The zero-order valence-corrected chi connectivity index (χ0v) is 16.3. The number of nitrogens with zero attached hydrogens (tertiary/aromatic N) is 1. The van der Waals surface area contributed by atoms with Crippen molar-refractivity contribution in [1.82, 2.24) is 0 Å². The summed E-state index contributed by atoms with van der Waals surface area (Å²) in [6.45, 7) is 0. The molecule has 0 atom stereocenters. The zero-order valence-electron chi connectivity index (χ0n) is 9.85. The molecule has 92 valence electrons. The molecule has 0 fully saturated rings. The summed E-state index contributed by atoms with van der Waals surface area (Å²) in [4.78, 5) is 1.56. The second-order valence-electron chi connectivity index (χ2n) is 2.77. The third-order valence-electron chi connectivity index (χ3n) is 1.62. The number of hydrogen-bond donors (Lipinski definition) is 0. The van der Waals surface area contributed by atoms with Gasteiger partial charge in [-0.2, -0.15) is 4.99 Å². The van der Waals surface area contributed by atoms with E-state index in [9.17, 15) is 25.9 Å². The average Bonchev–Trinajstić information content (AvgIpc) is 2.15. The van der Waals surface area contributed by atoms with Crippen molar-refractivity contribution in [2.75, 3.05) is 0 Å². The Morgan fingerprint density at radius 3 is 1.58 bits per heavy atom. The summed E-state index contributed by atoms with van der Waals surface area (Å²) in [6, 6.07) is 2.04. The van der Waals surface area contributed by atoms with Crippen molar-refractivity contribution in [2.24, 2.45) is 4.99 Å². The van der Waals surface area contributed by atoms with E-state index in [1.165, 1.54) is 0 Å². The van der Waals surface area contributed by atoms with Gasteiger partial charge in [0.1, 0.15) is 20.2 Å². The van der Waals surface area contributed by atoms with Crippen LogP contribution in [0.15, 0.2) is 33.0 Å². The maximum atomic E-state index is 10.7. The molecular formula is C7H3NNa2O6S3. The van der Waals surface area contributed by atoms with Crippen LogP contribution < -0.4 is 59.1 Å². The Kier molecular flexibility index (Phi) is 9.69. The van der Waals surface area contributed by atoms with Gasteiger partial charge in [-0.3, -0.25) is 0 Å². The van der Waals surface area contributed by atoms with Crippen molar-refractivity contribution in [1.29, 1.82) is 0 Å². The van der Waals surface area contributed by atoms with E-state index >= 15 is 0 Å². The van der Waals surface area contributed by atoms with Crippen LogP contribution in [0, 0.1) is 0 Å². The monoisotopic (exact) mass is 339 g/mol. The van der Waals surface area contributed by atoms with Crippen molar-refractivity contribution < 1.29 is 85.1 Å². The van der Waals surface area contributed by atoms with Crippen LogP contribution in [0.2, 0.25) is 0 Å². The van der Waals surface area contributed by atoms with Crippen LogP contribution in [0.5, 0.6) is 0 Å². The molecule has 0 bridgehead atoms. The summed E-state index contributed by atoms with van der Waals surface area (Å²) in [6.07, 6.45) is 0. The van der Waals surface area contributed by atoms with Crippen LogP contribution in [0.25, 0.3) is 0 Å². The zero-order chi connectivity index (χ0) is 13.3. The number of isothiocyanates is 1. The Morgan fingerprint density at radius 1 is 0.947 bits per heavy atom. The summed E-state index contributed by atoms with van der Waals surface area (Å²) < 4.78 is 64.4. The average molecular weight is 339 g/mol. The molecule has 0 aliphatic carbocycles. The minimum Gasteiger partial charge on any atom is -0.744 e. The quantitative estimate of drug-likeness (QED) is 0.232. The molecule has 12 heteroatoms. The van der Waals surface area contributed by atoms with Crippen LogP contribution in [-0.4, -0.2) is 31.1 Å². The Labute approximate surface area is 159 Å². The predicted molar refractivity (Wildman–Crippen MR) is 57.1 cm³/mol. The van der Waals surface area contributed by atoms with E-state index in [2.05, 4.69) is 17.2 Å². The Hall–Kier alpha value is 0.840. The van der Waals surface area contributed by atoms with Crippen LogP contribution in [-0.2, 0) is 20.2 Å². The standard InChI is InChI=1S/C7H5NO6S3.2Na/c9-16(10,11)6-1-5(8-4-15)2-7(3-6)17(12,13)14;;/h1-3H,(H,9,10,11)(H,12,13,14);;/q;2*+1/p-2. The Bertz CT molecular complexity index is 658. The fourth-order valence-corrected chi connectivity index (χ4v) is 2.22. The molecule has 1 aromatic rings. The second kappa shape index (κ2) is 8.32. The molecule has 0 saturated carbocycles. The van der Waals surface area contributed by atoms with Gasteiger partial charge < -0.3 is 9.11 Å². The smallest absolute Gasteiger partial charge is 0.744 e. The summed E-state index contributed by atoms with van der Waals surface area (Å²) in [5, 5.41) is 1.86. The van der Waals surface area contributed by atoms with Crippen molar-refractivity contribution in [3.05, 3.63) is 18.2 Å². The minimum absolute atomic E-state index is 0. The van der Waals surface area contributed by atoms with Gasteiger partial charge in [0.05, 0.1) is 20.6 Å². The van der Waals surface area contributed by atoms with Crippen molar-refractivity contribution >= 4 is 43.3 Å². The van der Waals surface area contributed by atoms with Crippen LogP contribution in [0.3, 0.4) is 0 Å². The predicted octanol–water partition coefficient (Wildman–Crippen LogP) is -5.76. The van der Waals surface area contributed by atoms with Gasteiger partial charge in [0, 0.05) is 0 Å². The number of benzene rings is 1. The van der Waals surface area contributed by atoms with Gasteiger partial charge in [0.25, 0.3) is 0 Å². The topological polar surface area (TPSA) is 127 Å². The fourth-order valence-electron chi connectivity index (χ4n) is 0.963. The van der Waals surface area contributed by atoms with Gasteiger partial charge in [0.2, 0.25) is 0 Å². The molecule has 7 nitrogen and oxygen atoms in total. The maximum absolute atomic E-state index is 10.7. The summed E-state index contributed by atoms with van der Waals surface area (Å²) in [5.41, 5.74) is -0.258. The molecule has 0 aliphatic heterocycles. The first kappa shape index (κ1) is 22.1. The third kappa shape index (κ3) is 6.89. The first-order chi connectivity index (χ1) is 7.64. The van der Waals surface area contributed by atoms with Crippen LogP contribution in [0.1, 0.15) is 0 Å². The Morgan fingerprint density at radius 2 is 1.32 bits per heavy atom.